The predicted molar refractivity (Wildman–Crippen MR) is 107 cm³/mol. The van der Waals surface area contributed by atoms with Gasteiger partial charge in [0.05, 0.1) is 23.0 Å². The first kappa shape index (κ1) is 17.0. The molecule has 2 aromatic heterocycles. The number of carbonyl (C=O) groups excluding carboxylic acids is 1. The largest absolute Gasteiger partial charge is 0.497 e. The van der Waals surface area contributed by atoms with Crippen LogP contribution in [0, 0.1) is 6.92 Å². The van der Waals surface area contributed by atoms with Gasteiger partial charge in [0.25, 0.3) is 0 Å². The van der Waals surface area contributed by atoms with Gasteiger partial charge in [-0.3, -0.25) is 5.32 Å². The monoisotopic (exact) mass is 379 g/mol. The molecule has 0 spiro atoms. The van der Waals surface area contributed by atoms with Gasteiger partial charge < -0.3 is 10.1 Å². The first-order valence-electron chi connectivity index (χ1n) is 8.27. The Morgan fingerprint density at radius 3 is 2.70 bits per heavy atom. The van der Waals surface area contributed by atoms with Crippen LogP contribution >= 0.6 is 11.3 Å². The van der Waals surface area contributed by atoms with Crippen LogP contribution in [0.25, 0.3) is 15.3 Å². The third-order valence-corrected chi connectivity index (χ3v) is 4.86. The van der Waals surface area contributed by atoms with Crippen LogP contribution in [0.1, 0.15) is 5.69 Å². The highest BCUT2D eigenvalue weighted by Crippen LogP contribution is 2.30. The van der Waals surface area contributed by atoms with Crippen molar-refractivity contribution in [2.45, 2.75) is 6.92 Å². The molecule has 4 rings (SSSR count). The Kier molecular flexibility index (Phi) is 4.47. The number of urea groups is 1. The second-order valence-electron chi connectivity index (χ2n) is 5.86. The van der Waals surface area contributed by atoms with E-state index in [0.717, 1.165) is 21.7 Å². The average molecular weight is 379 g/mol. The number of carbonyl (C=O) groups is 1. The van der Waals surface area contributed by atoms with E-state index in [-0.39, 0.29) is 6.03 Å². The smallest absolute Gasteiger partial charge is 0.324 e. The van der Waals surface area contributed by atoms with E-state index in [2.05, 4.69) is 20.7 Å². The number of anilines is 2. The second kappa shape index (κ2) is 7.08. The number of para-hydroxylation sites is 1. The molecule has 0 atom stereocenters. The molecule has 0 fully saturated rings. The van der Waals surface area contributed by atoms with Crippen molar-refractivity contribution in [1.29, 1.82) is 0 Å². The van der Waals surface area contributed by atoms with Crippen LogP contribution in [0.5, 0.6) is 5.75 Å². The zero-order valence-electron chi connectivity index (χ0n) is 14.8. The summed E-state index contributed by atoms with van der Waals surface area (Å²) in [4.78, 5) is 16.9. The number of fused-ring (bicyclic) bond motifs is 1. The van der Waals surface area contributed by atoms with E-state index in [1.54, 1.807) is 17.9 Å². The molecule has 8 heteroatoms. The number of amides is 2. The standard InChI is InChI=1S/C19H17N5O2S/c1-12-10-17(22-18(25)20-13-6-4-3-5-7-13)24(23-12)19-21-15-9-8-14(26-2)11-16(15)27-19/h3-11H,1-2H3,(H2,20,22,25). The maximum atomic E-state index is 12.3. The minimum atomic E-state index is -0.342. The van der Waals surface area contributed by atoms with E-state index in [1.165, 1.54) is 11.3 Å². The van der Waals surface area contributed by atoms with Crippen molar-refractivity contribution in [2.75, 3.05) is 17.7 Å². The molecule has 7 nitrogen and oxygen atoms in total. The lowest BCUT2D eigenvalue weighted by Crippen LogP contribution is -2.21. The van der Waals surface area contributed by atoms with Gasteiger partial charge in [-0.05, 0) is 37.3 Å². The highest BCUT2D eigenvalue weighted by Gasteiger charge is 2.15. The first-order valence-corrected chi connectivity index (χ1v) is 9.09. The van der Waals surface area contributed by atoms with Crippen molar-refractivity contribution in [1.82, 2.24) is 14.8 Å². The molecule has 2 N–H and O–H groups in total. The van der Waals surface area contributed by atoms with Gasteiger partial charge in [0, 0.05) is 11.8 Å². The molecule has 0 unspecified atom stereocenters. The summed E-state index contributed by atoms with van der Waals surface area (Å²) in [5, 5.41) is 10.8. The lowest BCUT2D eigenvalue weighted by atomic mass is 10.3. The van der Waals surface area contributed by atoms with Crippen molar-refractivity contribution in [3.8, 4) is 10.9 Å². The number of hydrogen-bond donors (Lipinski definition) is 2. The number of methoxy groups -OCH3 is 1. The number of nitrogens with zero attached hydrogens (tertiary/aromatic N) is 3. The Hall–Kier alpha value is -3.39. The summed E-state index contributed by atoms with van der Waals surface area (Å²) < 4.78 is 7.88. The number of thiazole rings is 1. The maximum Gasteiger partial charge on any atom is 0.324 e. The Morgan fingerprint density at radius 1 is 1.11 bits per heavy atom. The molecule has 4 aromatic rings. The summed E-state index contributed by atoms with van der Waals surface area (Å²) in [5.41, 5.74) is 2.34. The van der Waals surface area contributed by atoms with Gasteiger partial charge in [0.2, 0.25) is 5.13 Å². The van der Waals surface area contributed by atoms with Crippen molar-refractivity contribution < 1.29 is 9.53 Å². The summed E-state index contributed by atoms with van der Waals surface area (Å²) in [6, 6.07) is 16.4. The van der Waals surface area contributed by atoms with Crippen LogP contribution in [0.3, 0.4) is 0 Å². The van der Waals surface area contributed by atoms with E-state index < -0.39 is 0 Å². The molecule has 0 saturated carbocycles. The molecule has 0 aliphatic heterocycles. The normalized spacial score (nSPS) is 10.7. The quantitative estimate of drug-likeness (QED) is 0.549. The van der Waals surface area contributed by atoms with E-state index >= 15 is 0 Å². The van der Waals surface area contributed by atoms with E-state index in [9.17, 15) is 4.79 Å². The molecule has 2 amide bonds. The Balaban J connectivity index is 1.62. The molecule has 0 aliphatic rings. The van der Waals surface area contributed by atoms with Crippen LogP contribution in [0.15, 0.2) is 54.6 Å². The molecule has 2 aromatic carbocycles. The number of hydrogen-bond acceptors (Lipinski definition) is 5. The van der Waals surface area contributed by atoms with Crippen molar-refractivity contribution in [2.24, 2.45) is 0 Å². The van der Waals surface area contributed by atoms with E-state index in [1.807, 2.05) is 55.5 Å². The van der Waals surface area contributed by atoms with Crippen LogP contribution in [-0.2, 0) is 0 Å². The summed E-state index contributed by atoms with van der Waals surface area (Å²) in [5.74, 6) is 1.32. The average Bonchev–Trinajstić information content (AvgIpc) is 3.24. The number of rotatable bonds is 4. The van der Waals surface area contributed by atoms with Gasteiger partial charge in [-0.15, -0.1) is 0 Å². The fourth-order valence-corrected chi connectivity index (χ4v) is 3.60. The summed E-state index contributed by atoms with van der Waals surface area (Å²) >= 11 is 1.48. The molecule has 0 bridgehead atoms. The fraction of sp³-hybridized carbons (Fsp3) is 0.105. The van der Waals surface area contributed by atoms with Gasteiger partial charge in [0.1, 0.15) is 11.6 Å². The van der Waals surface area contributed by atoms with E-state index in [0.29, 0.717) is 16.6 Å². The lowest BCUT2D eigenvalue weighted by Gasteiger charge is -2.08. The predicted octanol–water partition coefficient (Wildman–Crippen LogP) is 4.44. The Morgan fingerprint density at radius 2 is 1.93 bits per heavy atom. The molecular weight excluding hydrogens is 362 g/mol. The second-order valence-corrected chi connectivity index (χ2v) is 6.87. The molecule has 0 radical (unpaired) electrons. The van der Waals surface area contributed by atoms with Gasteiger partial charge >= 0.3 is 6.03 Å². The van der Waals surface area contributed by atoms with Gasteiger partial charge in [-0.25, -0.2) is 9.78 Å². The maximum absolute atomic E-state index is 12.3. The third-order valence-electron chi connectivity index (χ3n) is 3.87. The lowest BCUT2D eigenvalue weighted by molar-refractivity contribution is 0.262. The molecule has 0 saturated heterocycles. The topological polar surface area (TPSA) is 81.1 Å². The van der Waals surface area contributed by atoms with Crippen LogP contribution in [0.2, 0.25) is 0 Å². The van der Waals surface area contributed by atoms with Crippen molar-refractivity contribution in [3.05, 3.63) is 60.3 Å². The first-order chi connectivity index (χ1) is 13.1. The highest BCUT2D eigenvalue weighted by atomic mass is 32.1. The van der Waals surface area contributed by atoms with Crippen LogP contribution in [0.4, 0.5) is 16.3 Å². The SMILES string of the molecule is COc1ccc2nc(-n3nc(C)cc3NC(=O)Nc3ccccc3)sc2c1. The number of nitrogens with one attached hydrogen (secondary N) is 2. The number of benzene rings is 2. The molecule has 136 valence electrons. The highest BCUT2D eigenvalue weighted by molar-refractivity contribution is 7.20. The van der Waals surface area contributed by atoms with Crippen molar-refractivity contribution in [3.63, 3.8) is 0 Å². The zero-order valence-corrected chi connectivity index (χ0v) is 15.6. The molecule has 2 heterocycles. The number of ether oxygens (including phenoxy) is 1. The summed E-state index contributed by atoms with van der Waals surface area (Å²) in [6.07, 6.45) is 0. The Labute approximate surface area is 159 Å². The van der Waals surface area contributed by atoms with Crippen molar-refractivity contribution >= 4 is 39.1 Å². The van der Waals surface area contributed by atoms with Crippen LogP contribution in [-0.4, -0.2) is 27.9 Å². The summed E-state index contributed by atoms with van der Waals surface area (Å²) in [7, 11) is 1.63. The fourth-order valence-electron chi connectivity index (χ4n) is 2.64. The Bertz CT molecular complexity index is 1100. The number of aromatic nitrogens is 3. The number of aryl methyl sites for hydroxylation is 1. The van der Waals surface area contributed by atoms with E-state index in [4.69, 9.17) is 4.74 Å². The molecule has 0 aliphatic carbocycles. The zero-order chi connectivity index (χ0) is 18.8. The third kappa shape index (κ3) is 3.61. The van der Waals surface area contributed by atoms with Gasteiger partial charge in [0.15, 0.2) is 0 Å². The van der Waals surface area contributed by atoms with Gasteiger partial charge in [-0.1, -0.05) is 29.5 Å². The minimum Gasteiger partial charge on any atom is -0.497 e. The molecule has 27 heavy (non-hydrogen) atoms. The van der Waals surface area contributed by atoms with Gasteiger partial charge in [-0.2, -0.15) is 9.78 Å². The molecular formula is C19H17N5O2S. The summed E-state index contributed by atoms with van der Waals surface area (Å²) in [6.45, 7) is 1.87. The minimum absolute atomic E-state index is 0.342. The van der Waals surface area contributed by atoms with Crippen LogP contribution < -0.4 is 15.4 Å².